The van der Waals surface area contributed by atoms with E-state index < -0.39 is 98.3 Å². The number of esters is 1. The third kappa shape index (κ3) is 8.92. The fourth-order valence-electron chi connectivity index (χ4n) is 5.94. The fraction of sp³-hybridized carbons (Fsp3) is 0.516. The van der Waals surface area contributed by atoms with Crippen molar-refractivity contribution in [1.82, 2.24) is 19.1 Å². The van der Waals surface area contributed by atoms with Crippen molar-refractivity contribution in [3.63, 3.8) is 0 Å². The Balaban J connectivity index is 1.17. The van der Waals surface area contributed by atoms with E-state index in [0.29, 0.717) is 25.7 Å². The van der Waals surface area contributed by atoms with Gasteiger partial charge >= 0.3 is 25.2 Å². The maximum atomic E-state index is 14.3. The summed E-state index contributed by atoms with van der Waals surface area (Å²) in [7, 11) is -4.70. The van der Waals surface area contributed by atoms with Gasteiger partial charge in [-0.15, -0.1) is 0 Å². The first kappa shape index (κ1) is 38.4. The molecule has 5 heterocycles. The van der Waals surface area contributed by atoms with Crippen LogP contribution in [-0.4, -0.2) is 108 Å². The molecule has 53 heavy (non-hydrogen) atoms. The Bertz CT molecular complexity index is 1950. The first-order valence-electron chi connectivity index (χ1n) is 16.5. The zero-order chi connectivity index (χ0) is 37.9. The van der Waals surface area contributed by atoms with Gasteiger partial charge in [0.2, 0.25) is 6.29 Å². The largest absolute Gasteiger partial charge is 0.530 e. The summed E-state index contributed by atoms with van der Waals surface area (Å²) >= 11 is 0. The zero-order valence-electron chi connectivity index (χ0n) is 27.7. The average Bonchev–Trinajstić information content (AvgIpc) is 3.81. The van der Waals surface area contributed by atoms with Gasteiger partial charge in [0.25, 0.3) is 11.1 Å². The Morgan fingerprint density at radius 3 is 1.85 bits per heavy atom. The van der Waals surface area contributed by atoms with Gasteiger partial charge in [0.05, 0.1) is 32.0 Å². The lowest BCUT2D eigenvalue weighted by Crippen LogP contribution is -2.59. The molecule has 22 heteroatoms. The van der Waals surface area contributed by atoms with Gasteiger partial charge in [0, 0.05) is 24.5 Å². The number of ether oxygens (including phenoxy) is 4. The molecule has 0 spiro atoms. The number of aromatic nitrogens is 4. The van der Waals surface area contributed by atoms with Gasteiger partial charge in [-0.1, -0.05) is 12.1 Å². The van der Waals surface area contributed by atoms with Crippen molar-refractivity contribution in [3.05, 3.63) is 96.0 Å². The quantitative estimate of drug-likeness (QED) is 0.0863. The number of aromatic amines is 2. The van der Waals surface area contributed by atoms with Gasteiger partial charge in [0.15, 0.2) is 0 Å². The topological polar surface area (TPSA) is 289 Å². The van der Waals surface area contributed by atoms with Crippen molar-refractivity contribution >= 4 is 13.8 Å². The van der Waals surface area contributed by atoms with E-state index in [-0.39, 0.29) is 24.5 Å². The van der Waals surface area contributed by atoms with Gasteiger partial charge in [0.1, 0.15) is 48.2 Å². The first-order chi connectivity index (χ1) is 25.3. The molecule has 0 radical (unpaired) electrons. The monoisotopic (exact) mass is 768 g/mol. The number of benzene rings is 1. The third-order valence-corrected chi connectivity index (χ3v) is 10.1. The van der Waals surface area contributed by atoms with Crippen LogP contribution < -0.4 is 27.0 Å². The van der Waals surface area contributed by atoms with Crippen LogP contribution in [0.2, 0.25) is 0 Å². The van der Waals surface area contributed by atoms with Gasteiger partial charge in [-0.25, -0.2) is 18.9 Å². The minimum Gasteiger partial charge on any atom is -0.429 e. The molecule has 6 N–H and O–H groups in total. The van der Waals surface area contributed by atoms with E-state index >= 15 is 0 Å². The highest BCUT2D eigenvalue weighted by molar-refractivity contribution is 7.48. The Hall–Kier alpha value is -4.28. The normalized spacial score (nSPS) is 28.9. The number of rotatable bonds is 13. The van der Waals surface area contributed by atoms with Gasteiger partial charge in [-0.3, -0.25) is 37.7 Å². The number of carbonyl (C=O) groups excluding carboxylic acids is 1. The Kier molecular flexibility index (Phi) is 11.9. The lowest BCUT2D eigenvalue weighted by atomic mass is 9.99. The van der Waals surface area contributed by atoms with Crippen LogP contribution in [0.25, 0.3) is 0 Å². The summed E-state index contributed by atoms with van der Waals surface area (Å²) < 4.78 is 56.1. The summed E-state index contributed by atoms with van der Waals surface area (Å²) in [5.41, 5.74) is -2.89. The predicted molar refractivity (Wildman–Crippen MR) is 175 cm³/mol. The lowest BCUT2D eigenvalue weighted by molar-refractivity contribution is -0.285. The number of H-pyrrole nitrogens is 2. The molecule has 1 unspecified atom stereocenters. The van der Waals surface area contributed by atoms with Crippen LogP contribution in [0.5, 0.6) is 5.75 Å². The molecule has 1 aromatic carbocycles. The van der Waals surface area contributed by atoms with Crippen LogP contribution in [-0.2, 0) is 32.6 Å². The lowest BCUT2D eigenvalue weighted by Gasteiger charge is -2.39. The molecule has 9 atom stereocenters. The van der Waals surface area contributed by atoms with Crippen LogP contribution in [0.4, 0.5) is 0 Å². The predicted octanol–water partition coefficient (Wildman–Crippen LogP) is -1.38. The Labute approximate surface area is 297 Å². The van der Waals surface area contributed by atoms with Gasteiger partial charge < -0.3 is 43.9 Å². The van der Waals surface area contributed by atoms with Gasteiger partial charge in [-0.05, 0) is 37.8 Å². The molecule has 3 fully saturated rings. The number of carbonyl (C=O) groups is 1. The number of para-hydroxylation sites is 1. The number of hydrogen-bond donors (Lipinski definition) is 6. The van der Waals surface area contributed by atoms with Crippen molar-refractivity contribution in [1.29, 1.82) is 0 Å². The SMILES string of the molecule is O=C(OC1O[C@@H](CO)[C@H](O)[C@@H](O)[C@@H]1O)c1ccccc1OP(=O)(OC[C@@H]1CC[C@H](n2ccc(=O)[nH]c2=O)O1)OC[C@@H]1CC[C@H](n2ccc(=O)[nH]c2=O)O1. The molecule has 2 aromatic heterocycles. The minimum atomic E-state index is -4.70. The molecule has 3 aliphatic heterocycles. The summed E-state index contributed by atoms with van der Waals surface area (Å²) in [5.74, 6) is -1.54. The van der Waals surface area contributed by atoms with E-state index in [4.69, 9.17) is 32.5 Å². The van der Waals surface area contributed by atoms with E-state index in [1.54, 1.807) is 0 Å². The summed E-state index contributed by atoms with van der Waals surface area (Å²) in [6.07, 6.45) is -7.72. The molecular formula is C31H37N4O17P. The van der Waals surface area contributed by atoms with Crippen LogP contribution >= 0.6 is 7.82 Å². The van der Waals surface area contributed by atoms with E-state index in [1.807, 2.05) is 0 Å². The number of nitrogens with one attached hydrogen (secondary N) is 2. The summed E-state index contributed by atoms with van der Waals surface area (Å²) in [4.78, 5) is 65.1. The molecule has 3 aliphatic rings. The van der Waals surface area contributed by atoms with E-state index in [0.717, 1.165) is 12.1 Å². The van der Waals surface area contributed by atoms with Crippen LogP contribution in [0, 0.1) is 0 Å². The highest BCUT2D eigenvalue weighted by Crippen LogP contribution is 2.51. The number of aliphatic hydroxyl groups is 4. The first-order valence-corrected chi connectivity index (χ1v) is 17.9. The molecule has 6 rings (SSSR count). The number of hydrogen-bond acceptors (Lipinski definition) is 17. The third-order valence-electron chi connectivity index (χ3n) is 8.72. The molecule has 3 aromatic rings. The maximum Gasteiger partial charge on any atom is 0.530 e. The van der Waals surface area contributed by atoms with Crippen molar-refractivity contribution in [2.24, 2.45) is 0 Å². The maximum absolute atomic E-state index is 14.3. The number of phosphoric acid groups is 1. The summed E-state index contributed by atoms with van der Waals surface area (Å²) in [6, 6.07) is 7.65. The van der Waals surface area contributed by atoms with Crippen molar-refractivity contribution in [3.8, 4) is 5.75 Å². The summed E-state index contributed by atoms with van der Waals surface area (Å²) in [6.45, 7) is -1.54. The molecule has 21 nitrogen and oxygen atoms in total. The fourth-order valence-corrected chi connectivity index (χ4v) is 7.22. The standard InChI is InChI=1S/C31H37N4O17P/c36-13-20-25(39)26(40)27(41)29(50-20)51-28(42)18-3-1-2-4-19(18)52-53(45,46-14-16-5-7-23(48-16)34-11-9-21(37)32-30(34)43)47-15-17-6-8-24(49-17)35-12-10-22(38)33-31(35)44/h1-4,9-12,16-17,20,23-27,29,36,39-41H,5-8,13-15H2,(H,32,37,43)(H,33,38,44)/t16-,17-,20-,23+,24+,25-,26+,27-,29?/m0/s1. The molecule has 3 saturated heterocycles. The number of phosphoric ester groups is 1. The molecule has 0 saturated carbocycles. The smallest absolute Gasteiger partial charge is 0.429 e. The second-order valence-electron chi connectivity index (χ2n) is 12.3. The highest BCUT2D eigenvalue weighted by atomic mass is 31.2. The average molecular weight is 769 g/mol. The Morgan fingerprint density at radius 1 is 0.774 bits per heavy atom. The summed E-state index contributed by atoms with van der Waals surface area (Å²) in [5, 5.41) is 40.0. The van der Waals surface area contributed by atoms with E-state index in [9.17, 15) is 49.0 Å². The van der Waals surface area contributed by atoms with Crippen LogP contribution in [0.15, 0.2) is 68.0 Å². The number of aliphatic hydroxyl groups excluding tert-OH is 4. The molecule has 288 valence electrons. The highest BCUT2D eigenvalue weighted by Gasteiger charge is 2.46. The van der Waals surface area contributed by atoms with Crippen molar-refractivity contribution in [2.75, 3.05) is 19.8 Å². The van der Waals surface area contributed by atoms with E-state index in [1.165, 1.54) is 45.8 Å². The molecule has 0 aliphatic carbocycles. The number of nitrogens with zero attached hydrogens (tertiary/aromatic N) is 2. The van der Waals surface area contributed by atoms with Crippen LogP contribution in [0.3, 0.4) is 0 Å². The van der Waals surface area contributed by atoms with E-state index in [2.05, 4.69) is 9.97 Å². The minimum absolute atomic E-state index is 0.333. The second-order valence-corrected chi connectivity index (χ2v) is 13.9. The molecule has 0 amide bonds. The Morgan fingerprint density at radius 2 is 1.32 bits per heavy atom. The van der Waals surface area contributed by atoms with Crippen molar-refractivity contribution in [2.45, 2.75) is 81.1 Å². The van der Waals surface area contributed by atoms with Crippen LogP contribution in [0.1, 0.15) is 48.5 Å². The zero-order valence-corrected chi connectivity index (χ0v) is 28.6. The molecule has 0 bridgehead atoms. The van der Waals surface area contributed by atoms with Crippen molar-refractivity contribution < 1.29 is 62.3 Å². The second kappa shape index (κ2) is 16.4. The molecular weight excluding hydrogens is 731 g/mol. The van der Waals surface area contributed by atoms with Gasteiger partial charge in [-0.2, -0.15) is 0 Å².